The fraction of sp³-hybridized carbons (Fsp3) is 0.241. The first-order valence-electron chi connectivity index (χ1n) is 11.8. The molecule has 172 valence electrons. The molecule has 0 radical (unpaired) electrons. The van der Waals surface area contributed by atoms with Crippen LogP contribution in [0.15, 0.2) is 90.6 Å². The van der Waals surface area contributed by atoms with Gasteiger partial charge in [-0.25, -0.2) is 4.90 Å². The smallest absolute Gasteiger partial charge is 0.282 e. The molecule has 5 heteroatoms. The highest BCUT2D eigenvalue weighted by molar-refractivity contribution is 6.45. The number of likely N-dealkylation sites (tertiary alicyclic amines) is 1. The van der Waals surface area contributed by atoms with Gasteiger partial charge in [-0.2, -0.15) is 0 Å². The van der Waals surface area contributed by atoms with Crippen molar-refractivity contribution < 1.29 is 14.3 Å². The molecule has 2 amide bonds. The van der Waals surface area contributed by atoms with E-state index in [1.165, 1.54) is 10.5 Å². The molecule has 0 atom stereocenters. The van der Waals surface area contributed by atoms with E-state index in [1.807, 2.05) is 48.5 Å². The number of rotatable bonds is 6. The van der Waals surface area contributed by atoms with E-state index in [1.54, 1.807) is 19.2 Å². The molecule has 5 nitrogen and oxygen atoms in total. The zero-order valence-electron chi connectivity index (χ0n) is 19.3. The molecule has 0 unspecified atom stereocenters. The number of carbonyl (C=O) groups is 2. The Labute approximate surface area is 200 Å². The third-order valence-electron chi connectivity index (χ3n) is 6.75. The predicted octanol–water partition coefficient (Wildman–Crippen LogP) is 4.93. The molecule has 2 aliphatic rings. The number of hydrogen-bond acceptors (Lipinski definition) is 4. The van der Waals surface area contributed by atoms with Crippen LogP contribution in [-0.4, -0.2) is 36.9 Å². The minimum atomic E-state index is -0.304. The Bertz CT molecular complexity index is 1210. The minimum absolute atomic E-state index is 0.283. The van der Waals surface area contributed by atoms with Gasteiger partial charge in [0.1, 0.15) is 11.4 Å². The van der Waals surface area contributed by atoms with Gasteiger partial charge < -0.3 is 9.64 Å². The van der Waals surface area contributed by atoms with E-state index in [0.717, 1.165) is 37.9 Å². The normalized spacial score (nSPS) is 17.0. The van der Waals surface area contributed by atoms with Crippen molar-refractivity contribution in [2.24, 2.45) is 5.92 Å². The zero-order valence-corrected chi connectivity index (χ0v) is 19.3. The van der Waals surface area contributed by atoms with Crippen molar-refractivity contribution in [1.29, 1.82) is 0 Å². The molecule has 34 heavy (non-hydrogen) atoms. The Morgan fingerprint density at radius 3 is 2.09 bits per heavy atom. The first-order chi connectivity index (χ1) is 16.7. The number of piperidine rings is 1. The van der Waals surface area contributed by atoms with Crippen LogP contribution in [-0.2, 0) is 16.0 Å². The van der Waals surface area contributed by atoms with Gasteiger partial charge in [0.15, 0.2) is 0 Å². The third kappa shape index (κ3) is 4.10. The molecule has 0 saturated carbocycles. The molecule has 3 aromatic carbocycles. The van der Waals surface area contributed by atoms with Gasteiger partial charge in [-0.15, -0.1) is 0 Å². The Morgan fingerprint density at radius 2 is 1.41 bits per heavy atom. The Morgan fingerprint density at radius 1 is 0.794 bits per heavy atom. The molecule has 3 aromatic rings. The van der Waals surface area contributed by atoms with Crippen molar-refractivity contribution in [3.63, 3.8) is 0 Å². The predicted molar refractivity (Wildman–Crippen MR) is 133 cm³/mol. The van der Waals surface area contributed by atoms with Crippen molar-refractivity contribution in [3.05, 3.63) is 102 Å². The monoisotopic (exact) mass is 452 g/mol. The minimum Gasteiger partial charge on any atom is -0.495 e. The summed E-state index contributed by atoms with van der Waals surface area (Å²) in [5, 5.41) is 0. The molecule has 0 aliphatic carbocycles. The maximum atomic E-state index is 13.8. The van der Waals surface area contributed by atoms with Crippen LogP contribution in [0.3, 0.4) is 0 Å². The number of imide groups is 1. The fourth-order valence-electron chi connectivity index (χ4n) is 5.02. The lowest BCUT2D eigenvalue weighted by atomic mass is 9.89. The van der Waals surface area contributed by atoms with Gasteiger partial charge in [-0.05, 0) is 48.4 Å². The standard InChI is InChI=1S/C29H28N2O3/c1-34-25-15-9-8-14-24(25)31-28(32)26(23-12-6-3-7-13-23)27(29(31)33)30-18-16-22(17-19-30)20-21-10-4-2-5-11-21/h2-15,22H,16-20H2,1H3. The fourth-order valence-corrected chi connectivity index (χ4v) is 5.02. The molecule has 1 fully saturated rings. The largest absolute Gasteiger partial charge is 0.495 e. The van der Waals surface area contributed by atoms with Crippen molar-refractivity contribution in [2.45, 2.75) is 19.3 Å². The van der Waals surface area contributed by atoms with Crippen LogP contribution in [0.2, 0.25) is 0 Å². The van der Waals surface area contributed by atoms with Crippen LogP contribution >= 0.6 is 0 Å². The number of methoxy groups -OCH3 is 1. The maximum Gasteiger partial charge on any atom is 0.282 e. The number of para-hydroxylation sites is 2. The van der Waals surface area contributed by atoms with Gasteiger partial charge in [0.05, 0.1) is 18.4 Å². The van der Waals surface area contributed by atoms with Crippen LogP contribution in [0.5, 0.6) is 5.75 Å². The second-order valence-corrected chi connectivity index (χ2v) is 8.83. The molecule has 5 rings (SSSR count). The van der Waals surface area contributed by atoms with Gasteiger partial charge >= 0.3 is 0 Å². The van der Waals surface area contributed by atoms with Gasteiger partial charge in [-0.3, -0.25) is 9.59 Å². The number of nitrogens with zero attached hydrogens (tertiary/aromatic N) is 2. The summed E-state index contributed by atoms with van der Waals surface area (Å²) >= 11 is 0. The number of hydrogen-bond donors (Lipinski definition) is 0. The van der Waals surface area contributed by atoms with Gasteiger partial charge in [0, 0.05) is 13.1 Å². The number of benzene rings is 3. The average Bonchev–Trinajstić information content (AvgIpc) is 3.15. The second kappa shape index (κ2) is 9.56. The Balaban J connectivity index is 1.45. The second-order valence-electron chi connectivity index (χ2n) is 8.83. The summed E-state index contributed by atoms with van der Waals surface area (Å²) in [6, 6.07) is 27.2. The lowest BCUT2D eigenvalue weighted by Gasteiger charge is -2.34. The average molecular weight is 453 g/mol. The summed E-state index contributed by atoms with van der Waals surface area (Å²) in [5.74, 6) is 0.480. The molecular formula is C29H28N2O3. The molecule has 0 aromatic heterocycles. The highest BCUT2D eigenvalue weighted by Crippen LogP contribution is 2.39. The summed E-state index contributed by atoms with van der Waals surface area (Å²) in [7, 11) is 1.55. The first kappa shape index (κ1) is 22.0. The molecule has 2 heterocycles. The highest BCUT2D eigenvalue weighted by atomic mass is 16.5. The van der Waals surface area contributed by atoms with Gasteiger partial charge in [-0.1, -0.05) is 72.8 Å². The summed E-state index contributed by atoms with van der Waals surface area (Å²) in [5.41, 5.74) is 3.56. The number of carbonyl (C=O) groups excluding carboxylic acids is 2. The number of ether oxygens (including phenoxy) is 1. The summed E-state index contributed by atoms with van der Waals surface area (Å²) in [6.45, 7) is 1.50. The van der Waals surface area contributed by atoms with Crippen molar-refractivity contribution in [2.75, 3.05) is 25.1 Å². The van der Waals surface area contributed by atoms with Crippen LogP contribution in [0.4, 0.5) is 5.69 Å². The van der Waals surface area contributed by atoms with Crippen LogP contribution in [0, 0.1) is 5.92 Å². The van der Waals surface area contributed by atoms with Crippen molar-refractivity contribution >= 4 is 23.1 Å². The van der Waals surface area contributed by atoms with Gasteiger partial charge in [0.2, 0.25) is 0 Å². The number of amides is 2. The third-order valence-corrected chi connectivity index (χ3v) is 6.75. The molecule has 2 aliphatic heterocycles. The van der Waals surface area contributed by atoms with E-state index in [9.17, 15) is 9.59 Å². The van der Waals surface area contributed by atoms with E-state index >= 15 is 0 Å². The lowest BCUT2D eigenvalue weighted by Crippen LogP contribution is -2.39. The first-order valence-corrected chi connectivity index (χ1v) is 11.8. The van der Waals surface area contributed by atoms with Crippen LogP contribution in [0.25, 0.3) is 5.57 Å². The summed E-state index contributed by atoms with van der Waals surface area (Å²) in [6.07, 6.45) is 3.01. The molecule has 0 bridgehead atoms. The molecule has 0 spiro atoms. The summed E-state index contributed by atoms with van der Waals surface area (Å²) in [4.78, 5) is 30.9. The molecule has 1 saturated heterocycles. The SMILES string of the molecule is COc1ccccc1N1C(=O)C(c2ccccc2)=C(N2CCC(Cc3ccccc3)CC2)C1=O. The van der Waals surface area contributed by atoms with E-state index in [0.29, 0.717) is 28.6 Å². The number of anilines is 1. The van der Waals surface area contributed by atoms with Crippen LogP contribution in [0.1, 0.15) is 24.0 Å². The van der Waals surface area contributed by atoms with E-state index in [2.05, 4.69) is 29.2 Å². The van der Waals surface area contributed by atoms with Crippen molar-refractivity contribution in [3.8, 4) is 5.75 Å². The van der Waals surface area contributed by atoms with Crippen LogP contribution < -0.4 is 9.64 Å². The Kier molecular flexibility index (Phi) is 6.17. The van der Waals surface area contributed by atoms with E-state index < -0.39 is 0 Å². The van der Waals surface area contributed by atoms with E-state index in [4.69, 9.17) is 4.74 Å². The van der Waals surface area contributed by atoms with E-state index in [-0.39, 0.29) is 11.8 Å². The molecular weight excluding hydrogens is 424 g/mol. The zero-order chi connectivity index (χ0) is 23.5. The highest BCUT2D eigenvalue weighted by Gasteiger charge is 2.44. The maximum absolute atomic E-state index is 13.8. The van der Waals surface area contributed by atoms with Crippen molar-refractivity contribution in [1.82, 2.24) is 4.90 Å². The lowest BCUT2D eigenvalue weighted by molar-refractivity contribution is -0.120. The summed E-state index contributed by atoms with van der Waals surface area (Å²) < 4.78 is 5.47. The Hall–Kier alpha value is -3.86. The topological polar surface area (TPSA) is 49.9 Å². The molecule has 0 N–H and O–H groups in total. The van der Waals surface area contributed by atoms with Gasteiger partial charge in [0.25, 0.3) is 11.8 Å². The quantitative estimate of drug-likeness (QED) is 0.498.